The first-order valence-corrected chi connectivity index (χ1v) is 15.9. The molecule has 0 radical (unpaired) electrons. The van der Waals surface area contributed by atoms with Gasteiger partial charge in [0.2, 0.25) is 0 Å². The number of esters is 1. The molecule has 204 valence electrons. The first kappa shape index (κ1) is 33.6. The summed E-state index contributed by atoms with van der Waals surface area (Å²) in [7, 11) is -4.45. The highest BCUT2D eigenvalue weighted by atomic mass is 31.2. The van der Waals surface area contributed by atoms with Crippen LogP contribution in [0.15, 0.2) is 0 Å². The normalized spacial score (nSPS) is 13.7. The molecule has 0 spiro atoms. The lowest BCUT2D eigenvalue weighted by Crippen LogP contribution is -2.26. The second kappa shape index (κ2) is 23.0. The number of unbranched alkanes of at least 4 members (excludes halogenated alkanes) is 15. The Morgan fingerprint density at radius 1 is 0.676 bits per heavy atom. The van der Waals surface area contributed by atoms with Crippen molar-refractivity contribution in [2.45, 2.75) is 149 Å². The maximum atomic E-state index is 12.4. The Hall–Kier alpha value is -0.420. The van der Waals surface area contributed by atoms with E-state index >= 15 is 0 Å². The summed E-state index contributed by atoms with van der Waals surface area (Å²) in [5.74, 6) is -1.93. The van der Waals surface area contributed by atoms with Crippen LogP contribution in [0.2, 0.25) is 0 Å². The lowest BCUT2D eigenvalue weighted by Gasteiger charge is -2.20. The fourth-order valence-electron chi connectivity index (χ4n) is 4.37. The van der Waals surface area contributed by atoms with Crippen molar-refractivity contribution in [1.82, 2.24) is 0 Å². The van der Waals surface area contributed by atoms with E-state index in [1.165, 1.54) is 89.9 Å². The molecule has 0 fully saturated rings. The van der Waals surface area contributed by atoms with Gasteiger partial charge in [0.25, 0.3) is 0 Å². The summed E-state index contributed by atoms with van der Waals surface area (Å²) in [4.78, 5) is 31.1. The fraction of sp³-hybridized carbons (Fsp3) is 0.963. The third kappa shape index (κ3) is 19.8. The van der Waals surface area contributed by atoms with E-state index in [0.29, 0.717) is 0 Å². The van der Waals surface area contributed by atoms with Crippen LogP contribution in [0.5, 0.6) is 0 Å². The molecular formula is C27H55O6P. The van der Waals surface area contributed by atoms with Gasteiger partial charge in [-0.05, 0) is 19.8 Å². The summed E-state index contributed by atoms with van der Waals surface area (Å²) < 4.78 is 21.7. The molecule has 0 aromatic heterocycles. The fourth-order valence-corrected chi connectivity index (χ4v) is 4.99. The topological polar surface area (TPSA) is 93.1 Å². The smallest absolute Gasteiger partial charge is 0.357 e. The zero-order valence-corrected chi connectivity index (χ0v) is 23.4. The lowest BCUT2D eigenvalue weighted by molar-refractivity contribution is -0.151. The molecule has 0 aliphatic carbocycles. The van der Waals surface area contributed by atoms with Crippen molar-refractivity contribution in [2.75, 3.05) is 13.2 Å². The number of carbonyl (C=O) groups is 1. The number of rotatable bonds is 25. The molecule has 7 heteroatoms. The Labute approximate surface area is 210 Å². The van der Waals surface area contributed by atoms with Crippen LogP contribution in [-0.4, -0.2) is 34.8 Å². The predicted molar refractivity (Wildman–Crippen MR) is 141 cm³/mol. The van der Waals surface area contributed by atoms with Crippen LogP contribution in [0, 0.1) is 5.92 Å². The molecule has 6 nitrogen and oxygen atoms in total. The third-order valence-corrected chi connectivity index (χ3v) is 7.53. The van der Waals surface area contributed by atoms with Crippen molar-refractivity contribution in [2.24, 2.45) is 5.92 Å². The zero-order chi connectivity index (χ0) is 25.5. The highest BCUT2D eigenvalue weighted by Gasteiger charge is 2.31. The minimum atomic E-state index is -4.45. The van der Waals surface area contributed by atoms with Crippen LogP contribution >= 0.6 is 7.60 Å². The molecule has 0 saturated heterocycles. The highest BCUT2D eigenvalue weighted by Crippen LogP contribution is 2.42. The summed E-state index contributed by atoms with van der Waals surface area (Å²) in [6.07, 6.45) is 23.5. The van der Waals surface area contributed by atoms with Gasteiger partial charge < -0.3 is 19.3 Å². The van der Waals surface area contributed by atoms with E-state index in [9.17, 15) is 19.1 Å². The van der Waals surface area contributed by atoms with Crippen molar-refractivity contribution >= 4 is 13.6 Å². The van der Waals surface area contributed by atoms with Crippen molar-refractivity contribution in [3.63, 3.8) is 0 Å². The summed E-state index contributed by atoms with van der Waals surface area (Å²) >= 11 is 0. The Balaban J connectivity index is 3.77. The highest BCUT2D eigenvalue weighted by molar-refractivity contribution is 7.52. The van der Waals surface area contributed by atoms with E-state index in [0.717, 1.165) is 32.1 Å². The van der Waals surface area contributed by atoms with Crippen LogP contribution in [0.1, 0.15) is 143 Å². The SMILES string of the molecule is CCCCCCCCCCCCCCCCCCC(CCC)C(=O)OCC(OCC)P(=O)(O)O. The van der Waals surface area contributed by atoms with Gasteiger partial charge in [-0.25, -0.2) is 0 Å². The number of hydrogen-bond donors (Lipinski definition) is 2. The molecule has 0 amide bonds. The molecule has 0 rings (SSSR count). The quantitative estimate of drug-likeness (QED) is 0.0737. The molecule has 34 heavy (non-hydrogen) atoms. The van der Waals surface area contributed by atoms with Gasteiger partial charge in [0.05, 0.1) is 5.92 Å². The van der Waals surface area contributed by atoms with Gasteiger partial charge in [0, 0.05) is 6.61 Å². The van der Waals surface area contributed by atoms with Crippen LogP contribution in [0.25, 0.3) is 0 Å². The largest absolute Gasteiger partial charge is 0.462 e. The molecule has 0 saturated carbocycles. The Morgan fingerprint density at radius 3 is 1.50 bits per heavy atom. The van der Waals surface area contributed by atoms with Gasteiger partial charge in [0.15, 0.2) is 5.85 Å². The Morgan fingerprint density at radius 2 is 1.12 bits per heavy atom. The Bertz CT molecular complexity index is 507. The Kier molecular flexibility index (Phi) is 22.7. The molecule has 0 aliphatic rings. The van der Waals surface area contributed by atoms with Crippen molar-refractivity contribution in [1.29, 1.82) is 0 Å². The van der Waals surface area contributed by atoms with E-state index in [1.54, 1.807) is 6.92 Å². The van der Waals surface area contributed by atoms with Gasteiger partial charge in [-0.15, -0.1) is 0 Å². The van der Waals surface area contributed by atoms with E-state index in [-0.39, 0.29) is 18.5 Å². The standard InChI is InChI=1S/C27H55O6P/c1-4-7-8-9-10-11-12-13-14-15-16-17-18-19-20-21-23-25(22-5-2)27(28)33-24-26(32-6-3)34(29,30)31/h25-26H,4-24H2,1-3H3,(H2,29,30,31). The van der Waals surface area contributed by atoms with Crippen LogP contribution in [0.4, 0.5) is 0 Å². The molecule has 0 heterocycles. The lowest BCUT2D eigenvalue weighted by atomic mass is 9.96. The minimum Gasteiger partial charge on any atom is -0.462 e. The van der Waals surface area contributed by atoms with Gasteiger partial charge in [0.1, 0.15) is 6.61 Å². The van der Waals surface area contributed by atoms with Crippen LogP contribution < -0.4 is 0 Å². The average molecular weight is 507 g/mol. The maximum absolute atomic E-state index is 12.4. The molecule has 0 aromatic rings. The zero-order valence-electron chi connectivity index (χ0n) is 22.5. The molecule has 0 aliphatic heterocycles. The van der Waals surface area contributed by atoms with E-state index in [2.05, 4.69) is 6.92 Å². The molecular weight excluding hydrogens is 451 g/mol. The number of hydrogen-bond acceptors (Lipinski definition) is 4. The predicted octanol–water partition coefficient (Wildman–Crippen LogP) is 8.14. The molecule has 0 aromatic carbocycles. The molecule has 2 N–H and O–H groups in total. The summed E-state index contributed by atoms with van der Waals surface area (Å²) in [5, 5.41) is 0. The van der Waals surface area contributed by atoms with Gasteiger partial charge in [-0.3, -0.25) is 9.36 Å². The average Bonchev–Trinajstić information content (AvgIpc) is 2.79. The monoisotopic (exact) mass is 506 g/mol. The second-order valence-electron chi connectivity index (χ2n) is 9.71. The first-order chi connectivity index (χ1) is 16.4. The molecule has 2 atom stereocenters. The van der Waals surface area contributed by atoms with Gasteiger partial charge in [-0.2, -0.15) is 0 Å². The summed E-state index contributed by atoms with van der Waals surface area (Å²) in [6, 6.07) is 0. The van der Waals surface area contributed by atoms with E-state index in [1.807, 2.05) is 6.92 Å². The van der Waals surface area contributed by atoms with Crippen LogP contribution in [-0.2, 0) is 18.8 Å². The molecule has 0 bridgehead atoms. The molecule has 2 unspecified atom stereocenters. The van der Waals surface area contributed by atoms with E-state index < -0.39 is 20.0 Å². The van der Waals surface area contributed by atoms with Crippen molar-refractivity contribution < 1.29 is 28.6 Å². The summed E-state index contributed by atoms with van der Waals surface area (Å²) in [5.41, 5.74) is 0. The van der Waals surface area contributed by atoms with Gasteiger partial charge in [-0.1, -0.05) is 123 Å². The third-order valence-electron chi connectivity index (χ3n) is 6.48. The first-order valence-electron chi connectivity index (χ1n) is 14.2. The number of carbonyl (C=O) groups excluding carboxylic acids is 1. The van der Waals surface area contributed by atoms with Gasteiger partial charge >= 0.3 is 13.6 Å². The van der Waals surface area contributed by atoms with E-state index in [4.69, 9.17) is 9.47 Å². The summed E-state index contributed by atoms with van der Waals surface area (Å²) in [6.45, 7) is 5.72. The second-order valence-corrected chi connectivity index (χ2v) is 11.5. The van der Waals surface area contributed by atoms with Crippen molar-refractivity contribution in [3.8, 4) is 0 Å². The minimum absolute atomic E-state index is 0.158. The maximum Gasteiger partial charge on any atom is 0.357 e. The van der Waals surface area contributed by atoms with Crippen LogP contribution in [0.3, 0.4) is 0 Å². The van der Waals surface area contributed by atoms with Crippen molar-refractivity contribution in [3.05, 3.63) is 0 Å². The number of ether oxygens (including phenoxy) is 2.